The number of hydrogen-bond donors (Lipinski definition) is 1. The van der Waals surface area contributed by atoms with Crippen LogP contribution in [0.3, 0.4) is 0 Å². The number of benzene rings is 2. The Morgan fingerprint density at radius 1 is 1.03 bits per heavy atom. The number of carbonyl (C=O) groups is 2. The predicted molar refractivity (Wildman–Crippen MR) is 106 cm³/mol. The van der Waals surface area contributed by atoms with Crippen molar-refractivity contribution < 1.29 is 23.8 Å². The second kappa shape index (κ2) is 8.87. The summed E-state index contributed by atoms with van der Waals surface area (Å²) in [5.74, 6) is -0.531. The van der Waals surface area contributed by atoms with Crippen molar-refractivity contribution in [3.63, 3.8) is 0 Å². The molecule has 0 saturated carbocycles. The molecule has 1 aliphatic rings. The fourth-order valence-corrected chi connectivity index (χ4v) is 3.29. The fraction of sp³-hybridized carbons (Fsp3) is 0.273. The molecular weight excluding hydrogens is 375 g/mol. The Balaban J connectivity index is 1.86. The van der Waals surface area contributed by atoms with Gasteiger partial charge in [0.15, 0.2) is 0 Å². The van der Waals surface area contributed by atoms with Crippen molar-refractivity contribution in [1.29, 1.82) is 0 Å². The van der Waals surface area contributed by atoms with Gasteiger partial charge in [-0.2, -0.15) is 0 Å². The van der Waals surface area contributed by atoms with E-state index in [1.54, 1.807) is 19.1 Å². The molecule has 29 heavy (non-hydrogen) atoms. The van der Waals surface area contributed by atoms with E-state index in [1.165, 1.54) is 29.2 Å². The number of amides is 2. The van der Waals surface area contributed by atoms with Crippen LogP contribution in [0.15, 0.2) is 54.2 Å². The van der Waals surface area contributed by atoms with Crippen molar-refractivity contribution in [1.82, 2.24) is 9.80 Å². The first-order valence-electron chi connectivity index (χ1n) is 9.27. The smallest absolute Gasteiger partial charge is 0.277 e. The van der Waals surface area contributed by atoms with Crippen molar-refractivity contribution in [3.05, 3.63) is 71.2 Å². The summed E-state index contributed by atoms with van der Waals surface area (Å²) in [6.07, 6.45) is 0.495. The zero-order valence-corrected chi connectivity index (χ0v) is 16.4. The molecule has 1 heterocycles. The van der Waals surface area contributed by atoms with E-state index in [4.69, 9.17) is 4.74 Å². The third kappa shape index (κ3) is 4.30. The molecule has 0 aromatic heterocycles. The third-order valence-electron chi connectivity index (χ3n) is 4.88. The number of methoxy groups -OCH3 is 1. The number of halogens is 1. The summed E-state index contributed by atoms with van der Waals surface area (Å²) in [4.78, 5) is 28.9. The maximum atomic E-state index is 13.3. The van der Waals surface area contributed by atoms with Crippen molar-refractivity contribution in [2.75, 3.05) is 33.9 Å². The SMILES string of the molecule is COc1ccc(CCN2C(=O)C(c3ccc(F)cc3)=C(N(C)CCO)C2=O)cc1. The van der Waals surface area contributed by atoms with E-state index in [-0.39, 0.29) is 31.0 Å². The van der Waals surface area contributed by atoms with Crippen LogP contribution in [0.2, 0.25) is 0 Å². The minimum Gasteiger partial charge on any atom is -0.497 e. The van der Waals surface area contributed by atoms with E-state index >= 15 is 0 Å². The lowest BCUT2D eigenvalue weighted by Crippen LogP contribution is -2.36. The monoisotopic (exact) mass is 398 g/mol. The average Bonchev–Trinajstić information content (AvgIpc) is 2.97. The van der Waals surface area contributed by atoms with E-state index in [9.17, 15) is 19.1 Å². The Kier molecular flexibility index (Phi) is 6.29. The van der Waals surface area contributed by atoms with Crippen molar-refractivity contribution >= 4 is 17.4 Å². The number of carbonyl (C=O) groups excluding carboxylic acids is 2. The molecule has 3 rings (SSSR count). The largest absolute Gasteiger partial charge is 0.497 e. The third-order valence-corrected chi connectivity index (χ3v) is 4.88. The van der Waals surface area contributed by atoms with E-state index < -0.39 is 17.6 Å². The van der Waals surface area contributed by atoms with Gasteiger partial charge in [0.25, 0.3) is 11.8 Å². The van der Waals surface area contributed by atoms with Gasteiger partial charge < -0.3 is 14.7 Å². The van der Waals surface area contributed by atoms with Crippen LogP contribution >= 0.6 is 0 Å². The molecule has 0 aliphatic carbocycles. The Labute approximate surface area is 168 Å². The molecule has 6 nitrogen and oxygen atoms in total. The number of nitrogens with zero attached hydrogens (tertiary/aromatic N) is 2. The van der Waals surface area contributed by atoms with E-state index in [0.29, 0.717) is 12.0 Å². The van der Waals surface area contributed by atoms with E-state index in [2.05, 4.69) is 0 Å². The number of likely N-dealkylation sites (N-methyl/N-ethyl adjacent to an activating group) is 1. The van der Waals surface area contributed by atoms with Gasteiger partial charge in [-0.3, -0.25) is 14.5 Å². The molecule has 0 unspecified atom stereocenters. The van der Waals surface area contributed by atoms with Crippen LogP contribution in [0.4, 0.5) is 4.39 Å². The highest BCUT2D eigenvalue weighted by atomic mass is 19.1. The fourth-order valence-electron chi connectivity index (χ4n) is 3.29. The number of aliphatic hydroxyl groups is 1. The molecule has 2 amide bonds. The average molecular weight is 398 g/mol. The minimum absolute atomic E-state index is 0.163. The van der Waals surface area contributed by atoms with Gasteiger partial charge in [-0.1, -0.05) is 24.3 Å². The van der Waals surface area contributed by atoms with E-state index in [0.717, 1.165) is 11.3 Å². The van der Waals surface area contributed by atoms with E-state index in [1.807, 2.05) is 24.3 Å². The van der Waals surface area contributed by atoms with Crippen LogP contribution in [-0.2, 0) is 16.0 Å². The first-order valence-corrected chi connectivity index (χ1v) is 9.27. The normalized spacial score (nSPS) is 14.0. The molecule has 7 heteroatoms. The molecule has 0 spiro atoms. The van der Waals surface area contributed by atoms with Gasteiger partial charge in [0.05, 0.1) is 19.3 Å². The van der Waals surface area contributed by atoms with Gasteiger partial charge in [0, 0.05) is 20.1 Å². The minimum atomic E-state index is -0.423. The van der Waals surface area contributed by atoms with Gasteiger partial charge in [-0.25, -0.2) is 4.39 Å². The lowest BCUT2D eigenvalue weighted by molar-refractivity contribution is -0.137. The number of hydrogen-bond acceptors (Lipinski definition) is 5. The zero-order chi connectivity index (χ0) is 21.0. The molecule has 152 valence electrons. The second-order valence-electron chi connectivity index (χ2n) is 6.74. The molecule has 1 N–H and O–H groups in total. The standard InChI is InChI=1S/C22H23FN2O4/c1-24(13-14-26)20-19(16-5-7-17(23)8-6-16)21(27)25(22(20)28)12-11-15-3-9-18(29-2)10-4-15/h3-10,26H,11-14H2,1-2H3. The first-order chi connectivity index (χ1) is 14.0. The molecule has 0 bridgehead atoms. The molecule has 1 aliphatic heterocycles. The zero-order valence-electron chi connectivity index (χ0n) is 16.4. The summed E-state index contributed by atoms with van der Waals surface area (Å²) in [5.41, 5.74) is 1.87. The van der Waals surface area contributed by atoms with Crippen molar-refractivity contribution in [2.45, 2.75) is 6.42 Å². The summed E-state index contributed by atoms with van der Waals surface area (Å²) < 4.78 is 18.5. The Morgan fingerprint density at radius 2 is 1.69 bits per heavy atom. The summed E-state index contributed by atoms with van der Waals surface area (Å²) in [7, 11) is 3.23. The Morgan fingerprint density at radius 3 is 2.28 bits per heavy atom. The summed E-state index contributed by atoms with van der Waals surface area (Å²) in [5, 5.41) is 9.27. The lowest BCUT2D eigenvalue weighted by Gasteiger charge is -2.20. The first kappa shape index (κ1) is 20.5. The van der Waals surface area contributed by atoms with Crippen molar-refractivity contribution in [3.8, 4) is 5.75 Å². The molecule has 0 saturated heterocycles. The second-order valence-corrected chi connectivity index (χ2v) is 6.74. The molecule has 0 radical (unpaired) electrons. The number of rotatable bonds is 8. The van der Waals surface area contributed by atoms with Gasteiger partial charge in [0.1, 0.15) is 17.3 Å². The van der Waals surface area contributed by atoms with Crippen LogP contribution in [0.25, 0.3) is 5.57 Å². The molecule has 0 atom stereocenters. The quantitative estimate of drug-likeness (QED) is 0.690. The van der Waals surface area contributed by atoms with Crippen LogP contribution in [0, 0.1) is 5.82 Å². The predicted octanol–water partition coefficient (Wildman–Crippen LogP) is 2.08. The number of ether oxygens (including phenoxy) is 1. The maximum absolute atomic E-state index is 13.3. The van der Waals surface area contributed by atoms with Gasteiger partial charge >= 0.3 is 0 Å². The van der Waals surface area contributed by atoms with Crippen molar-refractivity contribution in [2.24, 2.45) is 0 Å². The lowest BCUT2D eigenvalue weighted by atomic mass is 10.0. The van der Waals surface area contributed by atoms with Gasteiger partial charge in [-0.05, 0) is 41.8 Å². The summed E-state index contributed by atoms with van der Waals surface area (Å²) in [6.45, 7) is 0.251. The molecular formula is C22H23FN2O4. The van der Waals surface area contributed by atoms with Crippen LogP contribution < -0.4 is 4.74 Å². The Hall–Kier alpha value is -3.19. The molecule has 2 aromatic carbocycles. The van der Waals surface area contributed by atoms with Gasteiger partial charge in [-0.15, -0.1) is 0 Å². The highest BCUT2D eigenvalue weighted by Gasteiger charge is 2.40. The highest BCUT2D eigenvalue weighted by Crippen LogP contribution is 2.31. The molecule has 2 aromatic rings. The maximum Gasteiger partial charge on any atom is 0.277 e. The number of imide groups is 1. The molecule has 0 fully saturated rings. The Bertz CT molecular complexity index is 923. The van der Waals surface area contributed by atoms with Crippen LogP contribution in [0.5, 0.6) is 5.75 Å². The summed E-state index contributed by atoms with van der Waals surface area (Å²) >= 11 is 0. The topological polar surface area (TPSA) is 70.1 Å². The highest BCUT2D eigenvalue weighted by molar-refractivity contribution is 6.35. The van der Waals surface area contributed by atoms with Gasteiger partial charge in [0.2, 0.25) is 0 Å². The number of aliphatic hydroxyl groups excluding tert-OH is 1. The van der Waals surface area contributed by atoms with Crippen LogP contribution in [0.1, 0.15) is 11.1 Å². The van der Waals surface area contributed by atoms with Crippen LogP contribution in [-0.4, -0.2) is 60.6 Å². The summed E-state index contributed by atoms with van der Waals surface area (Å²) in [6, 6.07) is 12.9.